The molecular formula is C22H22BrClFN3O2. The molecule has 0 aliphatic carbocycles. The Morgan fingerprint density at radius 2 is 1.97 bits per heavy atom. The summed E-state index contributed by atoms with van der Waals surface area (Å²) >= 11 is 9.06. The van der Waals surface area contributed by atoms with E-state index in [1.807, 2.05) is 13.8 Å². The zero-order valence-corrected chi connectivity index (χ0v) is 19.5. The van der Waals surface area contributed by atoms with Gasteiger partial charge in [0.15, 0.2) is 5.82 Å². The van der Waals surface area contributed by atoms with Crippen LogP contribution in [0.5, 0.6) is 0 Å². The van der Waals surface area contributed by atoms with Crippen LogP contribution in [-0.4, -0.2) is 34.9 Å². The van der Waals surface area contributed by atoms with Crippen LogP contribution in [0, 0.1) is 24.1 Å². The predicted molar refractivity (Wildman–Crippen MR) is 118 cm³/mol. The van der Waals surface area contributed by atoms with Gasteiger partial charge in [0.05, 0.1) is 28.0 Å². The van der Waals surface area contributed by atoms with Gasteiger partial charge in [0.25, 0.3) is 11.8 Å². The van der Waals surface area contributed by atoms with E-state index in [1.54, 1.807) is 31.2 Å². The summed E-state index contributed by atoms with van der Waals surface area (Å²) in [6.07, 6.45) is 0.786. The molecule has 2 aromatic rings. The van der Waals surface area contributed by atoms with Gasteiger partial charge in [-0.05, 0) is 65.5 Å². The van der Waals surface area contributed by atoms with E-state index in [0.717, 1.165) is 0 Å². The molecule has 0 fully saturated rings. The molecule has 0 spiro atoms. The molecule has 158 valence electrons. The number of hydrogen-bond donors (Lipinski definition) is 0. The summed E-state index contributed by atoms with van der Waals surface area (Å²) in [7, 11) is 1.50. The highest BCUT2D eigenvalue weighted by Crippen LogP contribution is 2.30. The first kappa shape index (κ1) is 23.8. The third kappa shape index (κ3) is 4.82. The lowest BCUT2D eigenvalue weighted by Gasteiger charge is -2.36. The molecule has 0 saturated heterocycles. The minimum absolute atomic E-state index is 0.109. The molecule has 5 nitrogen and oxygen atoms in total. The van der Waals surface area contributed by atoms with E-state index in [1.165, 1.54) is 23.1 Å². The Hall–Kier alpha value is -2.43. The van der Waals surface area contributed by atoms with Crippen LogP contribution in [0.3, 0.4) is 0 Å². The third-order valence-corrected chi connectivity index (χ3v) is 6.15. The van der Waals surface area contributed by atoms with Crippen molar-refractivity contribution in [2.24, 2.45) is 0 Å². The molecular weight excluding hydrogens is 473 g/mol. The number of rotatable bonds is 5. The zero-order valence-electron chi connectivity index (χ0n) is 17.2. The lowest BCUT2D eigenvalue weighted by Crippen LogP contribution is -2.52. The summed E-state index contributed by atoms with van der Waals surface area (Å²) in [5.41, 5.74) is 1.67. The van der Waals surface area contributed by atoms with E-state index in [9.17, 15) is 14.0 Å². The SMILES string of the molecule is CCC(C)N(C(=O)c1cccc(CC#N)c1)N(C)C(=O)c1cc(Cl)c(F)c(Br)c1C. The van der Waals surface area contributed by atoms with Gasteiger partial charge >= 0.3 is 0 Å². The summed E-state index contributed by atoms with van der Waals surface area (Å²) in [5.74, 6) is -1.50. The van der Waals surface area contributed by atoms with Crippen LogP contribution in [0.4, 0.5) is 4.39 Å². The summed E-state index contributed by atoms with van der Waals surface area (Å²) < 4.78 is 14.1. The number of benzene rings is 2. The van der Waals surface area contributed by atoms with Crippen LogP contribution in [0.25, 0.3) is 0 Å². The van der Waals surface area contributed by atoms with Crippen molar-refractivity contribution in [1.82, 2.24) is 10.0 Å². The number of nitrogens with zero attached hydrogens (tertiary/aromatic N) is 3. The molecule has 0 heterocycles. The lowest BCUT2D eigenvalue weighted by atomic mass is 10.1. The Balaban J connectivity index is 2.47. The van der Waals surface area contributed by atoms with Crippen LogP contribution < -0.4 is 0 Å². The second kappa shape index (κ2) is 10.1. The molecule has 2 rings (SSSR count). The molecule has 0 N–H and O–H groups in total. The fourth-order valence-corrected chi connectivity index (χ4v) is 3.77. The van der Waals surface area contributed by atoms with Crippen LogP contribution in [0.2, 0.25) is 5.02 Å². The average Bonchev–Trinajstić information content (AvgIpc) is 2.74. The molecule has 2 amide bonds. The van der Waals surface area contributed by atoms with Crippen molar-refractivity contribution in [2.75, 3.05) is 7.05 Å². The third-order valence-electron chi connectivity index (χ3n) is 4.93. The van der Waals surface area contributed by atoms with Crippen LogP contribution in [0.15, 0.2) is 34.8 Å². The number of halogens is 3. The van der Waals surface area contributed by atoms with E-state index in [0.29, 0.717) is 23.1 Å². The van der Waals surface area contributed by atoms with E-state index in [4.69, 9.17) is 16.9 Å². The highest BCUT2D eigenvalue weighted by Gasteiger charge is 2.30. The maximum absolute atomic E-state index is 14.0. The Morgan fingerprint density at radius 3 is 2.57 bits per heavy atom. The first-order valence-corrected chi connectivity index (χ1v) is 10.5. The van der Waals surface area contributed by atoms with Gasteiger partial charge in [0.1, 0.15) is 0 Å². The van der Waals surface area contributed by atoms with Crippen molar-refractivity contribution in [3.05, 3.63) is 67.9 Å². The molecule has 0 aromatic heterocycles. The number of hydrogen-bond acceptors (Lipinski definition) is 3. The second-order valence-corrected chi connectivity index (χ2v) is 8.13. The maximum Gasteiger partial charge on any atom is 0.272 e. The largest absolute Gasteiger partial charge is 0.272 e. The average molecular weight is 495 g/mol. The van der Waals surface area contributed by atoms with Crippen molar-refractivity contribution in [3.8, 4) is 6.07 Å². The summed E-state index contributed by atoms with van der Waals surface area (Å²) in [4.78, 5) is 26.5. The molecule has 1 unspecified atom stereocenters. The Bertz CT molecular complexity index is 1020. The number of hydrazine groups is 1. The highest BCUT2D eigenvalue weighted by molar-refractivity contribution is 9.10. The molecule has 0 bridgehead atoms. The van der Waals surface area contributed by atoms with Crippen LogP contribution in [-0.2, 0) is 6.42 Å². The Morgan fingerprint density at radius 1 is 1.30 bits per heavy atom. The van der Waals surface area contributed by atoms with Gasteiger partial charge < -0.3 is 0 Å². The quantitative estimate of drug-likeness (QED) is 0.405. The normalized spacial score (nSPS) is 11.5. The second-order valence-electron chi connectivity index (χ2n) is 6.93. The Labute approximate surface area is 189 Å². The van der Waals surface area contributed by atoms with Crippen molar-refractivity contribution < 1.29 is 14.0 Å². The molecule has 30 heavy (non-hydrogen) atoms. The van der Waals surface area contributed by atoms with Crippen molar-refractivity contribution in [1.29, 1.82) is 5.26 Å². The predicted octanol–water partition coefficient (Wildman–Crippen LogP) is 5.54. The monoisotopic (exact) mass is 493 g/mol. The highest BCUT2D eigenvalue weighted by atomic mass is 79.9. The molecule has 0 aliphatic heterocycles. The Kier molecular flexibility index (Phi) is 7.99. The van der Waals surface area contributed by atoms with Gasteiger partial charge in [0.2, 0.25) is 0 Å². The van der Waals surface area contributed by atoms with E-state index < -0.39 is 11.7 Å². The van der Waals surface area contributed by atoms with Gasteiger partial charge in [0, 0.05) is 18.2 Å². The molecule has 0 saturated carbocycles. The minimum Gasteiger partial charge on any atom is -0.267 e. The van der Waals surface area contributed by atoms with Gasteiger partial charge in [-0.25, -0.2) is 14.4 Å². The van der Waals surface area contributed by atoms with Gasteiger partial charge in [-0.15, -0.1) is 0 Å². The number of carbonyl (C=O) groups is 2. The first-order chi connectivity index (χ1) is 14.1. The number of nitriles is 1. The van der Waals surface area contributed by atoms with E-state index in [2.05, 4.69) is 22.0 Å². The zero-order chi connectivity index (χ0) is 22.6. The first-order valence-electron chi connectivity index (χ1n) is 9.35. The van der Waals surface area contributed by atoms with Crippen molar-refractivity contribution in [2.45, 2.75) is 39.7 Å². The van der Waals surface area contributed by atoms with Crippen molar-refractivity contribution >= 4 is 39.3 Å². The molecule has 2 aromatic carbocycles. The molecule has 0 radical (unpaired) electrons. The maximum atomic E-state index is 14.0. The van der Waals surface area contributed by atoms with E-state index >= 15 is 0 Å². The summed E-state index contributed by atoms with van der Waals surface area (Å²) in [5, 5.41) is 11.3. The molecule has 1 atom stereocenters. The fourth-order valence-electron chi connectivity index (χ4n) is 3.02. The van der Waals surface area contributed by atoms with Crippen LogP contribution >= 0.6 is 27.5 Å². The molecule has 8 heteroatoms. The lowest BCUT2D eigenvalue weighted by molar-refractivity contribution is -0.00886. The van der Waals surface area contributed by atoms with E-state index in [-0.39, 0.29) is 33.4 Å². The van der Waals surface area contributed by atoms with Gasteiger partial charge in [-0.1, -0.05) is 30.7 Å². The van der Waals surface area contributed by atoms with Gasteiger partial charge in [-0.3, -0.25) is 9.59 Å². The smallest absolute Gasteiger partial charge is 0.267 e. The minimum atomic E-state index is -0.641. The van der Waals surface area contributed by atoms with Crippen molar-refractivity contribution in [3.63, 3.8) is 0 Å². The fraction of sp³-hybridized carbons (Fsp3) is 0.318. The number of carbonyl (C=O) groups excluding carboxylic acids is 2. The topological polar surface area (TPSA) is 64.4 Å². The molecule has 0 aliphatic rings. The van der Waals surface area contributed by atoms with Gasteiger partial charge in [-0.2, -0.15) is 5.26 Å². The number of amides is 2. The van der Waals surface area contributed by atoms with Crippen LogP contribution in [0.1, 0.15) is 52.1 Å². The summed E-state index contributed by atoms with van der Waals surface area (Å²) in [6.45, 7) is 5.35. The standard InChI is InChI=1S/C22H22BrClFN3O2/c1-5-13(2)28(21(29)16-8-6-7-15(11-16)9-10-26)27(4)22(30)17-12-18(24)20(25)19(23)14(17)3/h6-8,11-13H,5,9H2,1-4H3. The summed E-state index contributed by atoms with van der Waals surface area (Å²) in [6, 6.07) is 9.81.